The fourth-order valence-corrected chi connectivity index (χ4v) is 3.28. The number of amides is 1. The molecule has 0 bridgehead atoms. The largest absolute Gasteiger partial charge is 0.359 e. The van der Waals surface area contributed by atoms with Crippen molar-refractivity contribution in [1.82, 2.24) is 19.9 Å². The lowest BCUT2D eigenvalue weighted by Gasteiger charge is -2.26. The predicted molar refractivity (Wildman–Crippen MR) is 97.8 cm³/mol. The van der Waals surface area contributed by atoms with E-state index in [0.717, 1.165) is 35.3 Å². The van der Waals surface area contributed by atoms with Gasteiger partial charge in [-0.2, -0.15) is 0 Å². The monoisotopic (exact) mass is 332 g/mol. The van der Waals surface area contributed by atoms with E-state index in [1.54, 1.807) is 6.20 Å². The summed E-state index contributed by atoms with van der Waals surface area (Å²) in [7, 11) is 0. The van der Waals surface area contributed by atoms with Crippen LogP contribution in [0.25, 0.3) is 16.6 Å². The number of fused-ring (bicyclic) bond motifs is 1. The molecule has 1 N–H and O–H groups in total. The van der Waals surface area contributed by atoms with Gasteiger partial charge in [0.1, 0.15) is 0 Å². The van der Waals surface area contributed by atoms with Gasteiger partial charge >= 0.3 is 0 Å². The number of nitrogens with one attached hydrogen (secondary N) is 1. The molecule has 25 heavy (non-hydrogen) atoms. The second-order valence-corrected chi connectivity index (χ2v) is 6.24. The number of H-pyrrole nitrogens is 1. The number of aromatic nitrogens is 3. The molecule has 4 rings (SSSR count). The van der Waals surface area contributed by atoms with Crippen LogP contribution in [0.15, 0.2) is 55.0 Å². The molecule has 3 aromatic heterocycles. The van der Waals surface area contributed by atoms with E-state index in [9.17, 15) is 4.79 Å². The Morgan fingerprint density at radius 2 is 2.08 bits per heavy atom. The summed E-state index contributed by atoms with van der Waals surface area (Å²) in [5.41, 5.74) is 5.43. The quantitative estimate of drug-likeness (QED) is 0.798. The van der Waals surface area contributed by atoms with Crippen LogP contribution in [0.1, 0.15) is 24.1 Å². The first-order valence-electron chi connectivity index (χ1n) is 8.60. The molecule has 0 saturated heterocycles. The molecule has 0 aromatic carbocycles. The summed E-state index contributed by atoms with van der Waals surface area (Å²) in [5, 5.41) is 0. The standard InChI is InChI=1S/C20H20N4O/c25-19(7-6-16-4-1-2-10-21-16)24-12-8-15(9-13-24)17-14-23-18-5-3-11-22-20(17)18/h1-5,8,10-11,14,23H,6-7,9,12-13H2. The highest BCUT2D eigenvalue weighted by molar-refractivity contribution is 5.90. The summed E-state index contributed by atoms with van der Waals surface area (Å²) >= 11 is 0. The van der Waals surface area contributed by atoms with Crippen LogP contribution < -0.4 is 0 Å². The molecule has 0 saturated carbocycles. The molecule has 1 aliphatic heterocycles. The van der Waals surface area contributed by atoms with Crippen molar-refractivity contribution in [1.29, 1.82) is 0 Å². The van der Waals surface area contributed by atoms with E-state index in [2.05, 4.69) is 21.0 Å². The van der Waals surface area contributed by atoms with Gasteiger partial charge in [-0.15, -0.1) is 0 Å². The second kappa shape index (κ2) is 6.89. The van der Waals surface area contributed by atoms with E-state index in [1.807, 2.05) is 47.6 Å². The first-order valence-corrected chi connectivity index (χ1v) is 8.60. The summed E-state index contributed by atoms with van der Waals surface area (Å²) in [5.74, 6) is 0.193. The van der Waals surface area contributed by atoms with Crippen LogP contribution in [-0.4, -0.2) is 38.8 Å². The minimum Gasteiger partial charge on any atom is -0.359 e. The van der Waals surface area contributed by atoms with Crippen LogP contribution in [0.2, 0.25) is 0 Å². The molecular weight excluding hydrogens is 312 g/mol. The molecule has 3 aromatic rings. The number of rotatable bonds is 4. The Kier molecular flexibility index (Phi) is 4.29. The molecule has 4 heterocycles. The topological polar surface area (TPSA) is 61.9 Å². The number of pyridine rings is 2. The Balaban J connectivity index is 1.41. The van der Waals surface area contributed by atoms with Gasteiger partial charge in [-0.25, -0.2) is 0 Å². The van der Waals surface area contributed by atoms with Crippen molar-refractivity contribution >= 4 is 22.5 Å². The molecule has 126 valence electrons. The lowest BCUT2D eigenvalue weighted by atomic mass is 10.0. The van der Waals surface area contributed by atoms with E-state index in [4.69, 9.17) is 0 Å². The van der Waals surface area contributed by atoms with E-state index in [0.29, 0.717) is 19.4 Å². The minimum atomic E-state index is 0.193. The van der Waals surface area contributed by atoms with Crippen molar-refractivity contribution in [3.05, 3.63) is 66.3 Å². The first-order chi connectivity index (χ1) is 12.3. The van der Waals surface area contributed by atoms with Gasteiger partial charge in [0.2, 0.25) is 5.91 Å². The average Bonchev–Trinajstić information content (AvgIpc) is 3.11. The Labute approximate surface area is 146 Å². The molecule has 0 radical (unpaired) electrons. The fraction of sp³-hybridized carbons (Fsp3) is 0.250. The highest BCUT2D eigenvalue weighted by Gasteiger charge is 2.19. The van der Waals surface area contributed by atoms with E-state index >= 15 is 0 Å². The zero-order valence-electron chi connectivity index (χ0n) is 14.0. The normalized spacial score (nSPS) is 14.6. The van der Waals surface area contributed by atoms with Crippen LogP contribution in [-0.2, 0) is 11.2 Å². The average molecular weight is 332 g/mol. The Hall–Kier alpha value is -2.95. The highest BCUT2D eigenvalue weighted by atomic mass is 16.2. The van der Waals surface area contributed by atoms with Crippen LogP contribution in [0.5, 0.6) is 0 Å². The summed E-state index contributed by atoms with van der Waals surface area (Å²) in [6.07, 6.45) is 9.82. The number of aryl methyl sites for hydroxylation is 1. The zero-order valence-corrected chi connectivity index (χ0v) is 14.0. The molecule has 5 nitrogen and oxygen atoms in total. The fourth-order valence-electron chi connectivity index (χ4n) is 3.28. The minimum absolute atomic E-state index is 0.193. The molecule has 5 heteroatoms. The molecule has 0 fully saturated rings. The van der Waals surface area contributed by atoms with Crippen LogP contribution in [0, 0.1) is 0 Å². The van der Waals surface area contributed by atoms with Gasteiger partial charge in [-0.05, 0) is 42.7 Å². The van der Waals surface area contributed by atoms with E-state index in [1.165, 1.54) is 5.57 Å². The molecule has 0 spiro atoms. The number of hydrogen-bond acceptors (Lipinski definition) is 3. The number of nitrogens with zero attached hydrogens (tertiary/aromatic N) is 3. The van der Waals surface area contributed by atoms with Crippen molar-refractivity contribution < 1.29 is 4.79 Å². The SMILES string of the molecule is O=C(CCc1ccccn1)N1CC=C(c2c[nH]c3cccnc23)CC1. The van der Waals surface area contributed by atoms with Gasteiger partial charge in [0.05, 0.1) is 11.0 Å². The van der Waals surface area contributed by atoms with Gasteiger partial charge < -0.3 is 9.88 Å². The third-order valence-corrected chi connectivity index (χ3v) is 4.66. The number of aromatic amines is 1. The van der Waals surface area contributed by atoms with Gasteiger partial charge in [0.25, 0.3) is 0 Å². The Bertz CT molecular complexity index is 914. The van der Waals surface area contributed by atoms with Gasteiger partial charge in [-0.3, -0.25) is 14.8 Å². The summed E-state index contributed by atoms with van der Waals surface area (Å²) in [6.45, 7) is 1.42. The summed E-state index contributed by atoms with van der Waals surface area (Å²) in [4.78, 5) is 26.4. The second-order valence-electron chi connectivity index (χ2n) is 6.24. The van der Waals surface area contributed by atoms with Crippen molar-refractivity contribution in [2.75, 3.05) is 13.1 Å². The van der Waals surface area contributed by atoms with Gasteiger partial charge in [0.15, 0.2) is 0 Å². The van der Waals surface area contributed by atoms with E-state index < -0.39 is 0 Å². The maximum atomic E-state index is 12.4. The van der Waals surface area contributed by atoms with Crippen LogP contribution in [0.4, 0.5) is 0 Å². The molecule has 1 amide bonds. The predicted octanol–water partition coefficient (Wildman–Crippen LogP) is 3.21. The van der Waals surface area contributed by atoms with Crippen molar-refractivity contribution in [2.24, 2.45) is 0 Å². The molecular formula is C20H20N4O. The Morgan fingerprint density at radius 1 is 1.16 bits per heavy atom. The van der Waals surface area contributed by atoms with Crippen LogP contribution >= 0.6 is 0 Å². The lowest BCUT2D eigenvalue weighted by molar-refractivity contribution is -0.130. The van der Waals surface area contributed by atoms with Crippen LogP contribution in [0.3, 0.4) is 0 Å². The van der Waals surface area contributed by atoms with Gasteiger partial charge in [0, 0.05) is 49.4 Å². The lowest BCUT2D eigenvalue weighted by Crippen LogP contribution is -2.34. The first kappa shape index (κ1) is 15.6. The summed E-state index contributed by atoms with van der Waals surface area (Å²) < 4.78 is 0. The highest BCUT2D eigenvalue weighted by Crippen LogP contribution is 2.28. The number of hydrogen-bond donors (Lipinski definition) is 1. The Morgan fingerprint density at radius 3 is 2.88 bits per heavy atom. The number of carbonyl (C=O) groups excluding carboxylic acids is 1. The third-order valence-electron chi connectivity index (χ3n) is 4.66. The maximum absolute atomic E-state index is 12.4. The van der Waals surface area contributed by atoms with Gasteiger partial charge in [-0.1, -0.05) is 12.1 Å². The van der Waals surface area contributed by atoms with Crippen molar-refractivity contribution in [3.8, 4) is 0 Å². The molecule has 1 aliphatic rings. The summed E-state index contributed by atoms with van der Waals surface area (Å²) in [6, 6.07) is 9.77. The molecule has 0 aliphatic carbocycles. The van der Waals surface area contributed by atoms with Crippen molar-refractivity contribution in [3.63, 3.8) is 0 Å². The third kappa shape index (κ3) is 3.31. The number of carbonyl (C=O) groups is 1. The molecule has 0 atom stereocenters. The molecule has 0 unspecified atom stereocenters. The maximum Gasteiger partial charge on any atom is 0.223 e. The zero-order chi connectivity index (χ0) is 17.1. The van der Waals surface area contributed by atoms with Crippen molar-refractivity contribution in [2.45, 2.75) is 19.3 Å². The smallest absolute Gasteiger partial charge is 0.223 e. The van der Waals surface area contributed by atoms with E-state index in [-0.39, 0.29) is 5.91 Å².